The average Bonchev–Trinajstić information content (AvgIpc) is 3.49. The number of ether oxygens (including phenoxy) is 1. The second-order valence-electron chi connectivity index (χ2n) is 15.9. The monoisotopic (exact) mass is 686 g/mol. The van der Waals surface area contributed by atoms with Crippen LogP contribution in [0, 0.1) is 29.1 Å². The van der Waals surface area contributed by atoms with Crippen LogP contribution in [0.3, 0.4) is 0 Å². The van der Waals surface area contributed by atoms with Crippen LogP contribution in [0.2, 0.25) is 0 Å². The first-order valence-corrected chi connectivity index (χ1v) is 18.7. The number of nitrogens with zero attached hydrogens (tertiary/aromatic N) is 2. The Labute approximate surface area is 290 Å². The molecule has 0 aromatic rings. The number of morpholine rings is 1. The van der Waals surface area contributed by atoms with E-state index in [1.54, 1.807) is 4.90 Å². The van der Waals surface area contributed by atoms with Gasteiger partial charge in [0.15, 0.2) is 0 Å². The number of nitrogens with two attached hydrogens (primary N) is 1. The maximum Gasteiger partial charge on any atom is 0.315 e. The number of hydrogen-bond donors (Lipinski definition) is 4. The molecular weight excluding hydrogens is 628 g/mol. The molecule has 2 saturated heterocycles. The zero-order chi connectivity index (χ0) is 35.3. The van der Waals surface area contributed by atoms with E-state index in [0.29, 0.717) is 45.0 Å². The molecule has 5 aliphatic rings. The third kappa shape index (κ3) is 8.93. The zero-order valence-corrected chi connectivity index (χ0v) is 29.7. The molecule has 2 aliphatic heterocycles. The predicted octanol–water partition coefficient (Wildman–Crippen LogP) is 2.25. The molecule has 3 saturated carbocycles. The van der Waals surface area contributed by atoms with Crippen molar-refractivity contribution in [3.8, 4) is 0 Å². The summed E-state index contributed by atoms with van der Waals surface area (Å²) in [6.07, 6.45) is 11.8. The summed E-state index contributed by atoms with van der Waals surface area (Å²) < 4.78 is 5.62. The highest BCUT2D eigenvalue weighted by Crippen LogP contribution is 2.50. The lowest BCUT2D eigenvalue weighted by Gasteiger charge is -2.44. The van der Waals surface area contributed by atoms with Crippen LogP contribution in [-0.2, 0) is 28.7 Å². The summed E-state index contributed by atoms with van der Waals surface area (Å²) in [4.78, 5) is 82.6. The fraction of sp³-hybridized carbons (Fsp3) is 0.833. The Balaban J connectivity index is 1.26. The standard InChI is InChI=1S/C36H58N6O7/c1-22-20-41(15-16-49-22)34(47)30(24-11-5-4-6-12-24)40-35(48)38-19-29(43)42-21-26(36(2,3)25-13-8-14-25)18-28(42)33(46)39-27(31(44)32(37)45)17-23-9-7-10-23/h22-28,30H,4-21H2,1-3H3,(H2,37,45)(H,39,46)(H2,38,40,48)/t22-,26?,27?,28-,30-/m0/s1. The van der Waals surface area contributed by atoms with E-state index in [1.807, 2.05) is 6.92 Å². The zero-order valence-electron chi connectivity index (χ0n) is 29.7. The number of Topliss-reactive ketones (excluding diaryl/α,β-unsaturated/α-hetero) is 1. The highest BCUT2D eigenvalue weighted by atomic mass is 16.5. The predicted molar refractivity (Wildman–Crippen MR) is 182 cm³/mol. The van der Waals surface area contributed by atoms with Gasteiger partial charge in [-0.3, -0.25) is 24.0 Å². The van der Waals surface area contributed by atoms with Gasteiger partial charge < -0.3 is 36.2 Å². The van der Waals surface area contributed by atoms with Gasteiger partial charge in [-0.1, -0.05) is 58.8 Å². The van der Waals surface area contributed by atoms with Gasteiger partial charge in [0.1, 0.15) is 12.1 Å². The van der Waals surface area contributed by atoms with Gasteiger partial charge in [0.2, 0.25) is 23.5 Å². The summed E-state index contributed by atoms with van der Waals surface area (Å²) in [5, 5.41) is 8.39. The van der Waals surface area contributed by atoms with E-state index in [4.69, 9.17) is 10.5 Å². The molecule has 0 bridgehead atoms. The molecule has 0 aromatic carbocycles. The molecule has 5 rings (SSSR count). The van der Waals surface area contributed by atoms with Gasteiger partial charge in [0.25, 0.3) is 5.91 Å². The minimum atomic E-state index is -1.09. The smallest absolute Gasteiger partial charge is 0.315 e. The molecule has 6 amide bonds. The van der Waals surface area contributed by atoms with E-state index < -0.39 is 47.7 Å². The van der Waals surface area contributed by atoms with Gasteiger partial charge in [-0.15, -0.1) is 0 Å². The van der Waals surface area contributed by atoms with Crippen LogP contribution in [-0.4, -0.2) is 102 Å². The fourth-order valence-corrected chi connectivity index (χ4v) is 8.63. The number of likely N-dealkylation sites (tertiary alicyclic amines) is 1. The van der Waals surface area contributed by atoms with Gasteiger partial charge in [0, 0.05) is 19.6 Å². The highest BCUT2D eigenvalue weighted by Gasteiger charge is 2.49. The molecule has 2 heterocycles. The Morgan fingerprint density at radius 3 is 2.16 bits per heavy atom. The summed E-state index contributed by atoms with van der Waals surface area (Å²) in [7, 11) is 0. The molecule has 0 radical (unpaired) electrons. The number of rotatable bonds is 13. The van der Waals surface area contributed by atoms with Crippen LogP contribution in [0.1, 0.15) is 104 Å². The van der Waals surface area contributed by atoms with Crippen molar-refractivity contribution in [1.82, 2.24) is 25.8 Å². The van der Waals surface area contributed by atoms with Gasteiger partial charge in [0.05, 0.1) is 25.3 Å². The summed E-state index contributed by atoms with van der Waals surface area (Å²) in [5.74, 6) is -2.16. The molecule has 13 nitrogen and oxygen atoms in total. The lowest BCUT2D eigenvalue weighted by atomic mass is 9.61. The van der Waals surface area contributed by atoms with E-state index >= 15 is 0 Å². The molecule has 2 unspecified atom stereocenters. The molecular formula is C36H58N6O7. The Kier molecular flexibility index (Phi) is 12.3. The molecule has 49 heavy (non-hydrogen) atoms. The molecule has 5 fully saturated rings. The van der Waals surface area contributed by atoms with E-state index in [9.17, 15) is 28.8 Å². The first kappa shape index (κ1) is 37.0. The number of primary amides is 1. The summed E-state index contributed by atoms with van der Waals surface area (Å²) >= 11 is 0. The van der Waals surface area contributed by atoms with Crippen LogP contribution in [0.4, 0.5) is 4.79 Å². The Morgan fingerprint density at radius 1 is 0.878 bits per heavy atom. The average molecular weight is 687 g/mol. The first-order chi connectivity index (χ1) is 23.3. The van der Waals surface area contributed by atoms with Crippen LogP contribution in [0.5, 0.6) is 0 Å². The second kappa shape index (κ2) is 16.2. The number of carbonyl (C=O) groups is 6. The maximum absolute atomic E-state index is 13.9. The third-order valence-electron chi connectivity index (χ3n) is 12.4. The normalized spacial score (nSPS) is 26.6. The molecule has 5 atom stereocenters. The third-order valence-corrected chi connectivity index (χ3v) is 12.4. The van der Waals surface area contributed by atoms with Gasteiger partial charge in [-0.25, -0.2) is 4.79 Å². The first-order valence-electron chi connectivity index (χ1n) is 18.7. The van der Waals surface area contributed by atoms with Crippen LogP contribution in [0.15, 0.2) is 0 Å². The van der Waals surface area contributed by atoms with E-state index in [1.165, 1.54) is 11.3 Å². The quantitative estimate of drug-likeness (QED) is 0.215. The van der Waals surface area contributed by atoms with Crippen LogP contribution < -0.4 is 21.7 Å². The van der Waals surface area contributed by atoms with E-state index in [-0.39, 0.29) is 41.7 Å². The molecule has 0 aromatic heterocycles. The Bertz CT molecular complexity index is 1240. The van der Waals surface area contributed by atoms with Crippen molar-refractivity contribution < 1.29 is 33.5 Å². The minimum Gasteiger partial charge on any atom is -0.375 e. The van der Waals surface area contributed by atoms with Crippen molar-refractivity contribution >= 4 is 35.4 Å². The number of urea groups is 1. The molecule has 0 spiro atoms. The summed E-state index contributed by atoms with van der Waals surface area (Å²) in [6.45, 7) is 7.70. The fourth-order valence-electron chi connectivity index (χ4n) is 8.63. The lowest BCUT2D eigenvalue weighted by Crippen LogP contribution is -2.58. The highest BCUT2D eigenvalue weighted by molar-refractivity contribution is 6.37. The number of amides is 6. The van der Waals surface area contributed by atoms with E-state index in [0.717, 1.165) is 64.2 Å². The largest absolute Gasteiger partial charge is 0.375 e. The lowest BCUT2D eigenvalue weighted by molar-refractivity contribution is -0.142. The molecule has 274 valence electrons. The number of ketones is 1. The van der Waals surface area contributed by atoms with Gasteiger partial charge in [-0.05, 0) is 74.5 Å². The maximum atomic E-state index is 13.9. The Hall–Kier alpha value is -3.22. The Morgan fingerprint density at radius 2 is 1.57 bits per heavy atom. The second-order valence-corrected chi connectivity index (χ2v) is 15.9. The minimum absolute atomic E-state index is 0.0120. The molecule has 3 aliphatic carbocycles. The molecule has 13 heteroatoms. The van der Waals surface area contributed by atoms with Crippen molar-refractivity contribution in [2.45, 2.75) is 128 Å². The van der Waals surface area contributed by atoms with E-state index in [2.05, 4.69) is 29.8 Å². The number of nitrogens with one attached hydrogen (secondary N) is 3. The van der Waals surface area contributed by atoms with Crippen LogP contribution in [0.25, 0.3) is 0 Å². The summed E-state index contributed by atoms with van der Waals surface area (Å²) in [5.41, 5.74) is 5.23. The summed E-state index contributed by atoms with van der Waals surface area (Å²) in [6, 6.07) is -3.18. The topological polar surface area (TPSA) is 180 Å². The number of hydrogen-bond acceptors (Lipinski definition) is 7. The van der Waals surface area contributed by atoms with Crippen molar-refractivity contribution in [1.29, 1.82) is 0 Å². The van der Waals surface area contributed by atoms with Crippen LogP contribution >= 0.6 is 0 Å². The SMILES string of the molecule is C[C@H]1CN(C(=O)[C@@H](NC(=O)NCC(=O)N2CC(C(C)(C)C3CCC3)C[C@H]2C(=O)NC(CC2CCC2)C(=O)C(N)=O)C2CCCCC2)CCO1. The van der Waals surface area contributed by atoms with Gasteiger partial charge in [-0.2, -0.15) is 0 Å². The van der Waals surface area contributed by atoms with Crippen molar-refractivity contribution in [2.75, 3.05) is 32.8 Å². The number of carbonyl (C=O) groups excluding carboxylic acids is 6. The van der Waals surface area contributed by atoms with Crippen molar-refractivity contribution in [3.05, 3.63) is 0 Å². The van der Waals surface area contributed by atoms with Crippen molar-refractivity contribution in [2.24, 2.45) is 34.8 Å². The molecule has 5 N–H and O–H groups in total. The van der Waals surface area contributed by atoms with Crippen molar-refractivity contribution in [3.63, 3.8) is 0 Å². The van der Waals surface area contributed by atoms with Gasteiger partial charge >= 0.3 is 6.03 Å².